The van der Waals surface area contributed by atoms with Crippen LogP contribution in [0.25, 0.3) is 11.3 Å². The van der Waals surface area contributed by atoms with Crippen LogP contribution in [0.15, 0.2) is 146 Å². The second-order valence-corrected chi connectivity index (χ2v) is 10.9. The Morgan fingerprint density at radius 1 is 0.476 bits per heavy atom. The molecule has 0 spiro atoms. The van der Waals surface area contributed by atoms with Crippen LogP contribution < -0.4 is 0 Å². The second kappa shape index (κ2) is 11.1. The number of nitrogens with zero attached hydrogens (tertiary/aromatic N) is 2. The van der Waals surface area contributed by atoms with Crippen LogP contribution in [0.4, 0.5) is 8.78 Å². The number of hydrogen-bond acceptors (Lipinski definition) is 2. The van der Waals surface area contributed by atoms with Crippen molar-refractivity contribution in [2.75, 3.05) is 0 Å². The zero-order chi connectivity index (χ0) is 29.2. The van der Waals surface area contributed by atoms with Crippen LogP contribution in [-0.2, 0) is 10.8 Å². The molecule has 0 atom stereocenters. The normalized spacial score (nSPS) is 11.8. The van der Waals surface area contributed by atoms with Crippen LogP contribution in [0.3, 0.4) is 0 Å². The molecule has 6 aromatic rings. The van der Waals surface area contributed by atoms with E-state index in [-0.39, 0.29) is 5.56 Å². The predicted molar refractivity (Wildman–Crippen MR) is 164 cm³/mol. The Balaban J connectivity index is 1.54. The minimum atomic E-state index is -0.678. The zero-order valence-corrected chi connectivity index (χ0v) is 23.5. The summed E-state index contributed by atoms with van der Waals surface area (Å²) in [4.78, 5) is 10.2. The Morgan fingerprint density at radius 3 is 1.48 bits per heavy atom. The van der Waals surface area contributed by atoms with Crippen LogP contribution >= 0.6 is 0 Å². The van der Waals surface area contributed by atoms with E-state index in [2.05, 4.69) is 92.7 Å². The lowest BCUT2D eigenvalue weighted by Crippen LogP contribution is -2.33. The molecule has 0 aliphatic carbocycles. The summed E-state index contributed by atoms with van der Waals surface area (Å²) in [5.74, 6) is -1.26. The maximum atomic E-state index is 14.7. The second-order valence-electron chi connectivity index (χ2n) is 10.9. The fourth-order valence-electron chi connectivity index (χ4n) is 5.76. The lowest BCUT2D eigenvalue weighted by Gasteiger charge is -2.36. The molecular formula is C38H30F2N2. The molecule has 4 heteroatoms. The number of halogens is 2. The molecule has 42 heavy (non-hydrogen) atoms. The lowest BCUT2D eigenvalue weighted by molar-refractivity contribution is 0.579. The van der Waals surface area contributed by atoms with Crippen molar-refractivity contribution in [1.82, 2.24) is 9.97 Å². The van der Waals surface area contributed by atoms with Crippen molar-refractivity contribution < 1.29 is 8.78 Å². The van der Waals surface area contributed by atoms with Gasteiger partial charge in [-0.2, -0.15) is 0 Å². The molecule has 0 aliphatic heterocycles. The van der Waals surface area contributed by atoms with Crippen LogP contribution in [-0.4, -0.2) is 9.97 Å². The number of benzene rings is 4. The van der Waals surface area contributed by atoms with E-state index >= 15 is 0 Å². The van der Waals surface area contributed by atoms with E-state index in [9.17, 15) is 8.78 Å². The quantitative estimate of drug-likeness (QED) is 0.185. The lowest BCUT2D eigenvalue weighted by atomic mass is 9.67. The van der Waals surface area contributed by atoms with Crippen molar-refractivity contribution in [3.8, 4) is 11.3 Å². The van der Waals surface area contributed by atoms with Crippen molar-refractivity contribution in [1.29, 1.82) is 0 Å². The van der Waals surface area contributed by atoms with E-state index < -0.39 is 22.5 Å². The van der Waals surface area contributed by atoms with Gasteiger partial charge in [-0.15, -0.1) is 0 Å². The third kappa shape index (κ3) is 4.79. The molecule has 0 saturated carbocycles. The monoisotopic (exact) mass is 552 g/mol. The summed E-state index contributed by atoms with van der Waals surface area (Å²) in [6.45, 7) is 4.14. The third-order valence-corrected chi connectivity index (χ3v) is 7.99. The van der Waals surface area contributed by atoms with Gasteiger partial charge in [0.25, 0.3) is 0 Å². The first-order valence-corrected chi connectivity index (χ1v) is 14.0. The molecule has 2 nitrogen and oxygen atoms in total. The predicted octanol–water partition coefficient (Wildman–Crippen LogP) is 9.13. The number of aromatic nitrogens is 2. The first kappa shape index (κ1) is 27.2. The fourth-order valence-corrected chi connectivity index (χ4v) is 5.76. The summed E-state index contributed by atoms with van der Waals surface area (Å²) >= 11 is 0. The molecule has 0 bridgehead atoms. The molecule has 0 amide bonds. The highest BCUT2D eigenvalue weighted by atomic mass is 19.1. The van der Waals surface area contributed by atoms with Crippen LogP contribution in [0.1, 0.15) is 47.6 Å². The topological polar surface area (TPSA) is 25.8 Å². The first-order valence-electron chi connectivity index (χ1n) is 14.0. The number of pyridine rings is 2. The van der Waals surface area contributed by atoms with Gasteiger partial charge >= 0.3 is 0 Å². The highest BCUT2D eigenvalue weighted by molar-refractivity contribution is 5.61. The molecule has 2 heterocycles. The molecule has 0 N–H and O–H groups in total. The van der Waals surface area contributed by atoms with Gasteiger partial charge in [0.05, 0.1) is 28.2 Å². The Morgan fingerprint density at radius 2 is 0.952 bits per heavy atom. The zero-order valence-electron chi connectivity index (χ0n) is 23.5. The Kier molecular flexibility index (Phi) is 7.22. The highest BCUT2D eigenvalue weighted by Crippen LogP contribution is 2.45. The van der Waals surface area contributed by atoms with Crippen molar-refractivity contribution in [3.05, 3.63) is 191 Å². The van der Waals surface area contributed by atoms with Gasteiger partial charge in [0.15, 0.2) is 0 Å². The summed E-state index contributed by atoms with van der Waals surface area (Å²) in [7, 11) is 0. The summed E-state index contributed by atoms with van der Waals surface area (Å²) in [6.07, 6.45) is 0. The van der Waals surface area contributed by atoms with Crippen molar-refractivity contribution in [3.63, 3.8) is 0 Å². The minimum Gasteiger partial charge on any atom is -0.255 e. The van der Waals surface area contributed by atoms with Gasteiger partial charge in [-0.3, -0.25) is 9.97 Å². The Hall–Kier alpha value is -4.96. The molecule has 0 radical (unpaired) electrons. The van der Waals surface area contributed by atoms with Crippen LogP contribution in [0.2, 0.25) is 0 Å². The summed E-state index contributed by atoms with van der Waals surface area (Å²) in [6, 6.07) is 46.6. The molecular weight excluding hydrogens is 522 g/mol. The van der Waals surface area contributed by atoms with E-state index in [1.165, 1.54) is 12.1 Å². The van der Waals surface area contributed by atoms with E-state index in [4.69, 9.17) is 9.97 Å². The van der Waals surface area contributed by atoms with Gasteiger partial charge in [-0.05, 0) is 66.9 Å². The van der Waals surface area contributed by atoms with E-state index in [0.29, 0.717) is 5.69 Å². The summed E-state index contributed by atoms with van der Waals surface area (Å²) in [5, 5.41) is 0. The standard InChI is InChI=1S/C38H30F2N2/c1-37(2,34-21-12-20-33(41-34)31-25-24-30(39)26-32(31)40)35-22-13-23-36(42-35)38(27-14-6-3-7-15-27,28-16-8-4-9-17-28)29-18-10-5-11-19-29/h3-26H,1-2H3. The van der Waals surface area contributed by atoms with Gasteiger partial charge < -0.3 is 0 Å². The first-order chi connectivity index (χ1) is 20.4. The maximum absolute atomic E-state index is 14.7. The minimum absolute atomic E-state index is 0.256. The average Bonchev–Trinajstić information content (AvgIpc) is 3.03. The van der Waals surface area contributed by atoms with Crippen molar-refractivity contribution in [2.45, 2.75) is 24.7 Å². The molecule has 4 aromatic carbocycles. The molecule has 0 fully saturated rings. The smallest absolute Gasteiger partial charge is 0.135 e. The number of hydrogen-bond donors (Lipinski definition) is 0. The molecule has 2 aromatic heterocycles. The molecule has 0 saturated heterocycles. The fraction of sp³-hybridized carbons (Fsp3) is 0.105. The largest absolute Gasteiger partial charge is 0.255 e. The summed E-state index contributed by atoms with van der Waals surface area (Å²) < 4.78 is 28.2. The molecule has 0 aliphatic rings. The summed E-state index contributed by atoms with van der Waals surface area (Å²) in [5.41, 5.74) is 5.17. The van der Waals surface area contributed by atoms with Gasteiger partial charge in [0.1, 0.15) is 11.6 Å². The van der Waals surface area contributed by atoms with Crippen molar-refractivity contribution >= 4 is 0 Å². The third-order valence-electron chi connectivity index (χ3n) is 7.99. The highest BCUT2D eigenvalue weighted by Gasteiger charge is 2.40. The van der Waals surface area contributed by atoms with Crippen molar-refractivity contribution in [2.24, 2.45) is 0 Å². The van der Waals surface area contributed by atoms with Crippen LogP contribution in [0, 0.1) is 11.6 Å². The van der Waals surface area contributed by atoms with E-state index in [1.54, 1.807) is 6.07 Å². The molecule has 0 unspecified atom stereocenters. The SMILES string of the molecule is CC(C)(c1cccc(-c2ccc(F)cc2F)n1)c1cccc(C(c2ccccc2)(c2ccccc2)c2ccccc2)n1. The van der Waals surface area contributed by atoms with Crippen LogP contribution in [0.5, 0.6) is 0 Å². The molecule has 206 valence electrons. The average molecular weight is 553 g/mol. The Bertz CT molecular complexity index is 1720. The number of rotatable bonds is 7. The Labute approximate surface area is 245 Å². The van der Waals surface area contributed by atoms with Gasteiger partial charge in [0.2, 0.25) is 0 Å². The molecule has 6 rings (SSSR count). The maximum Gasteiger partial charge on any atom is 0.135 e. The van der Waals surface area contributed by atoms with Gasteiger partial charge in [-0.25, -0.2) is 8.78 Å². The van der Waals surface area contributed by atoms with E-state index in [0.717, 1.165) is 39.8 Å². The van der Waals surface area contributed by atoms with E-state index in [1.807, 2.05) is 42.5 Å². The van der Waals surface area contributed by atoms with Gasteiger partial charge in [0, 0.05) is 17.0 Å². The van der Waals surface area contributed by atoms with Gasteiger partial charge in [-0.1, -0.05) is 103 Å².